The number of halogens is 4. The van der Waals surface area contributed by atoms with Crippen molar-refractivity contribution in [1.82, 2.24) is 0 Å². The van der Waals surface area contributed by atoms with E-state index < -0.39 is 12.5 Å². The zero-order valence-electron chi connectivity index (χ0n) is 8.42. The van der Waals surface area contributed by atoms with Crippen LogP contribution in [-0.4, -0.2) is 19.1 Å². The van der Waals surface area contributed by atoms with Crippen molar-refractivity contribution in [2.75, 3.05) is 6.61 Å². The Morgan fingerprint density at radius 3 is 2.44 bits per heavy atom. The lowest BCUT2D eigenvalue weighted by Gasteiger charge is -2.17. The third kappa shape index (κ3) is 3.29. The minimum atomic E-state index is -4.50. The Morgan fingerprint density at radius 1 is 1.25 bits per heavy atom. The van der Waals surface area contributed by atoms with Crippen LogP contribution in [0.5, 0.6) is 11.5 Å². The van der Waals surface area contributed by atoms with E-state index in [0.717, 1.165) is 12.1 Å². The Morgan fingerprint density at radius 2 is 1.88 bits per heavy atom. The summed E-state index contributed by atoms with van der Waals surface area (Å²) in [5.41, 5.74) is 0. The van der Waals surface area contributed by atoms with Gasteiger partial charge in [0.25, 0.3) is 0 Å². The van der Waals surface area contributed by atoms with Crippen LogP contribution in [0.4, 0.5) is 17.6 Å². The van der Waals surface area contributed by atoms with Crippen molar-refractivity contribution in [3.63, 3.8) is 0 Å². The second kappa shape index (κ2) is 5.05. The van der Waals surface area contributed by atoms with Crippen LogP contribution < -0.4 is 9.47 Å². The molecular formula is C10H10F4O2. The Hall–Kier alpha value is -1.46. The van der Waals surface area contributed by atoms with E-state index in [0.29, 0.717) is 6.61 Å². The fraction of sp³-hybridized carbons (Fsp3) is 0.400. The van der Waals surface area contributed by atoms with Crippen LogP contribution in [0.1, 0.15) is 6.92 Å². The van der Waals surface area contributed by atoms with Crippen LogP contribution in [0.2, 0.25) is 0 Å². The maximum absolute atomic E-state index is 12.5. The Balaban J connectivity index is 2.77. The van der Waals surface area contributed by atoms with Gasteiger partial charge in [0.15, 0.2) is 0 Å². The highest BCUT2D eigenvalue weighted by atomic mass is 19.3. The maximum Gasteiger partial charge on any atom is 0.461 e. The molecule has 16 heavy (non-hydrogen) atoms. The lowest BCUT2D eigenvalue weighted by atomic mass is 10.3. The van der Waals surface area contributed by atoms with E-state index in [-0.39, 0.29) is 11.5 Å². The molecule has 0 unspecified atom stereocenters. The summed E-state index contributed by atoms with van der Waals surface area (Å²) in [5.74, 6) is -0.0821. The van der Waals surface area contributed by atoms with Crippen molar-refractivity contribution >= 4 is 0 Å². The molecule has 1 aromatic carbocycles. The van der Waals surface area contributed by atoms with Crippen LogP contribution in [0, 0.1) is 0 Å². The van der Waals surface area contributed by atoms with Gasteiger partial charge in [-0.15, -0.1) is 0 Å². The SMILES string of the molecule is CCOc1cccc(OC(F)(F)C(F)F)c1. The molecule has 0 radical (unpaired) electrons. The van der Waals surface area contributed by atoms with Crippen LogP contribution in [0.3, 0.4) is 0 Å². The average molecular weight is 238 g/mol. The molecule has 2 nitrogen and oxygen atoms in total. The lowest BCUT2D eigenvalue weighted by molar-refractivity contribution is -0.253. The van der Waals surface area contributed by atoms with Crippen molar-refractivity contribution in [3.8, 4) is 11.5 Å². The normalized spacial score (nSPS) is 11.6. The van der Waals surface area contributed by atoms with Crippen LogP contribution >= 0.6 is 0 Å². The van der Waals surface area contributed by atoms with Crippen LogP contribution in [0.15, 0.2) is 24.3 Å². The van der Waals surface area contributed by atoms with Gasteiger partial charge in [-0.2, -0.15) is 17.6 Å². The maximum atomic E-state index is 12.5. The fourth-order valence-electron chi connectivity index (χ4n) is 0.996. The Kier molecular flexibility index (Phi) is 3.98. The molecule has 1 aromatic rings. The van der Waals surface area contributed by atoms with E-state index in [1.165, 1.54) is 12.1 Å². The van der Waals surface area contributed by atoms with E-state index in [9.17, 15) is 17.6 Å². The summed E-state index contributed by atoms with van der Waals surface area (Å²) in [6, 6.07) is 5.16. The molecular weight excluding hydrogens is 228 g/mol. The first-order valence-electron chi connectivity index (χ1n) is 4.53. The molecule has 0 amide bonds. The Labute approximate surface area is 89.8 Å². The van der Waals surface area contributed by atoms with Gasteiger partial charge in [0.1, 0.15) is 11.5 Å². The minimum Gasteiger partial charge on any atom is -0.494 e. The molecule has 0 aliphatic carbocycles. The molecule has 1 rings (SSSR count). The molecule has 0 spiro atoms. The monoisotopic (exact) mass is 238 g/mol. The summed E-state index contributed by atoms with van der Waals surface area (Å²) >= 11 is 0. The highest BCUT2D eigenvalue weighted by Gasteiger charge is 2.43. The van der Waals surface area contributed by atoms with Crippen molar-refractivity contribution in [3.05, 3.63) is 24.3 Å². The van der Waals surface area contributed by atoms with Gasteiger partial charge in [-0.25, -0.2) is 0 Å². The van der Waals surface area contributed by atoms with Gasteiger partial charge in [0.2, 0.25) is 0 Å². The number of benzene rings is 1. The highest BCUT2D eigenvalue weighted by molar-refractivity contribution is 5.33. The first kappa shape index (κ1) is 12.6. The zero-order valence-corrected chi connectivity index (χ0v) is 8.42. The summed E-state index contributed by atoms with van der Waals surface area (Å²) in [5, 5.41) is 0. The van der Waals surface area contributed by atoms with Crippen molar-refractivity contribution in [2.45, 2.75) is 19.5 Å². The molecule has 0 fully saturated rings. The summed E-state index contributed by atoms with van der Waals surface area (Å²) in [4.78, 5) is 0. The summed E-state index contributed by atoms with van der Waals surface area (Å²) in [6.45, 7) is 2.05. The molecule has 0 aliphatic heterocycles. The number of hydrogen-bond donors (Lipinski definition) is 0. The van der Waals surface area contributed by atoms with Crippen LogP contribution in [-0.2, 0) is 0 Å². The van der Waals surface area contributed by atoms with Gasteiger partial charge in [-0.05, 0) is 19.1 Å². The second-order valence-corrected chi connectivity index (χ2v) is 2.87. The van der Waals surface area contributed by atoms with E-state index in [1.54, 1.807) is 6.92 Å². The number of rotatable bonds is 5. The van der Waals surface area contributed by atoms with Gasteiger partial charge in [-0.1, -0.05) is 6.07 Å². The van der Waals surface area contributed by atoms with E-state index >= 15 is 0 Å². The molecule has 0 heterocycles. The molecule has 0 bridgehead atoms. The second-order valence-electron chi connectivity index (χ2n) is 2.87. The molecule has 0 atom stereocenters. The zero-order chi connectivity index (χ0) is 12.2. The predicted octanol–water partition coefficient (Wildman–Crippen LogP) is 3.32. The summed E-state index contributed by atoms with van der Waals surface area (Å²) < 4.78 is 57.7. The quantitative estimate of drug-likeness (QED) is 0.732. The molecule has 0 aliphatic rings. The van der Waals surface area contributed by atoms with Crippen molar-refractivity contribution < 1.29 is 27.0 Å². The molecule has 0 saturated heterocycles. The van der Waals surface area contributed by atoms with Gasteiger partial charge >= 0.3 is 12.5 Å². The minimum absolute atomic E-state index is 0.282. The lowest BCUT2D eigenvalue weighted by Crippen LogP contribution is -2.33. The van der Waals surface area contributed by atoms with E-state index in [4.69, 9.17) is 4.74 Å². The largest absolute Gasteiger partial charge is 0.494 e. The number of alkyl halides is 4. The summed E-state index contributed by atoms with van der Waals surface area (Å²) in [6.07, 6.45) is -8.37. The van der Waals surface area contributed by atoms with Crippen LogP contribution in [0.25, 0.3) is 0 Å². The van der Waals surface area contributed by atoms with Gasteiger partial charge in [0.05, 0.1) is 6.61 Å². The van der Waals surface area contributed by atoms with E-state index in [1.807, 2.05) is 0 Å². The first-order valence-corrected chi connectivity index (χ1v) is 4.53. The van der Waals surface area contributed by atoms with Gasteiger partial charge in [0, 0.05) is 6.07 Å². The van der Waals surface area contributed by atoms with Crippen molar-refractivity contribution in [1.29, 1.82) is 0 Å². The molecule has 0 aromatic heterocycles. The standard InChI is InChI=1S/C10H10F4O2/c1-2-15-7-4-3-5-8(6-7)16-10(13,14)9(11)12/h3-6,9H,2H2,1H3. The highest BCUT2D eigenvalue weighted by Crippen LogP contribution is 2.29. The predicted molar refractivity (Wildman–Crippen MR) is 49.2 cm³/mol. The third-order valence-corrected chi connectivity index (χ3v) is 1.62. The third-order valence-electron chi connectivity index (χ3n) is 1.62. The number of hydrogen-bond acceptors (Lipinski definition) is 2. The number of ether oxygens (including phenoxy) is 2. The molecule has 90 valence electrons. The molecule has 0 saturated carbocycles. The van der Waals surface area contributed by atoms with Crippen molar-refractivity contribution in [2.24, 2.45) is 0 Å². The Bertz CT molecular complexity index is 341. The summed E-state index contributed by atoms with van der Waals surface area (Å²) in [7, 11) is 0. The first-order chi connectivity index (χ1) is 7.45. The van der Waals surface area contributed by atoms with Gasteiger partial charge in [-0.3, -0.25) is 0 Å². The molecule has 6 heteroatoms. The fourth-order valence-corrected chi connectivity index (χ4v) is 0.996. The molecule has 0 N–H and O–H groups in total. The topological polar surface area (TPSA) is 18.5 Å². The average Bonchev–Trinajstić information content (AvgIpc) is 2.17. The smallest absolute Gasteiger partial charge is 0.461 e. The van der Waals surface area contributed by atoms with E-state index in [2.05, 4.69) is 4.74 Å². The van der Waals surface area contributed by atoms with Gasteiger partial charge < -0.3 is 9.47 Å².